The van der Waals surface area contributed by atoms with Crippen molar-refractivity contribution in [2.45, 2.75) is 32.3 Å². The first-order valence-electron chi connectivity index (χ1n) is 6.99. The molecule has 1 aromatic carbocycles. The molecule has 1 saturated heterocycles. The van der Waals surface area contributed by atoms with Crippen molar-refractivity contribution in [1.29, 1.82) is 0 Å². The second-order valence-electron chi connectivity index (χ2n) is 5.07. The van der Waals surface area contributed by atoms with E-state index in [2.05, 4.69) is 10.2 Å². The predicted octanol–water partition coefficient (Wildman–Crippen LogP) is 3.11. The summed E-state index contributed by atoms with van der Waals surface area (Å²) >= 11 is 0. The maximum Gasteiger partial charge on any atom is 0.411 e. The van der Waals surface area contributed by atoms with E-state index >= 15 is 0 Å². The highest BCUT2D eigenvalue weighted by Crippen LogP contribution is 2.11. The Labute approximate surface area is 114 Å². The van der Waals surface area contributed by atoms with Gasteiger partial charge in [-0.1, -0.05) is 24.6 Å². The molecule has 1 heterocycles. The Morgan fingerprint density at radius 3 is 2.63 bits per heavy atom. The lowest BCUT2D eigenvalue weighted by Gasteiger charge is -2.28. The van der Waals surface area contributed by atoms with Crippen LogP contribution in [-0.2, 0) is 4.74 Å². The topological polar surface area (TPSA) is 41.6 Å². The molecular formula is C15H22N2O2. The van der Waals surface area contributed by atoms with E-state index in [-0.39, 0.29) is 12.2 Å². The molecule has 2 rings (SSSR count). The quantitative estimate of drug-likeness (QED) is 0.906. The van der Waals surface area contributed by atoms with E-state index in [9.17, 15) is 4.79 Å². The third kappa shape index (κ3) is 4.91. The van der Waals surface area contributed by atoms with Gasteiger partial charge in [0.15, 0.2) is 0 Å². The molecule has 0 aromatic heterocycles. The molecule has 104 valence electrons. The molecule has 4 nitrogen and oxygen atoms in total. The molecule has 1 aromatic rings. The van der Waals surface area contributed by atoms with Crippen LogP contribution < -0.4 is 5.32 Å². The molecule has 4 heteroatoms. The van der Waals surface area contributed by atoms with Crippen molar-refractivity contribution >= 4 is 11.8 Å². The molecule has 1 unspecified atom stereocenters. The van der Waals surface area contributed by atoms with Crippen LogP contribution in [0.3, 0.4) is 0 Å². The van der Waals surface area contributed by atoms with Gasteiger partial charge in [0.1, 0.15) is 6.10 Å². The molecule has 1 amide bonds. The summed E-state index contributed by atoms with van der Waals surface area (Å²) < 4.78 is 5.37. The fourth-order valence-corrected chi connectivity index (χ4v) is 2.39. The first-order chi connectivity index (χ1) is 9.24. The highest BCUT2D eigenvalue weighted by molar-refractivity contribution is 5.84. The smallest absolute Gasteiger partial charge is 0.411 e. The van der Waals surface area contributed by atoms with E-state index in [0.29, 0.717) is 0 Å². The van der Waals surface area contributed by atoms with Gasteiger partial charge in [0, 0.05) is 12.2 Å². The van der Waals surface area contributed by atoms with Crippen LogP contribution >= 0.6 is 0 Å². The number of ether oxygens (including phenoxy) is 1. The Morgan fingerprint density at radius 1 is 1.26 bits per heavy atom. The van der Waals surface area contributed by atoms with E-state index in [1.54, 1.807) is 0 Å². The number of likely N-dealkylation sites (tertiary alicyclic amines) is 1. The first kappa shape index (κ1) is 13.9. The summed E-state index contributed by atoms with van der Waals surface area (Å²) in [4.78, 5) is 14.1. The summed E-state index contributed by atoms with van der Waals surface area (Å²) in [6.07, 6.45) is 3.36. The summed E-state index contributed by atoms with van der Waals surface area (Å²) in [6, 6.07) is 9.36. The van der Waals surface area contributed by atoms with Crippen LogP contribution in [0, 0.1) is 0 Å². The van der Waals surface area contributed by atoms with Crippen LogP contribution in [0.5, 0.6) is 0 Å². The average molecular weight is 262 g/mol. The summed E-state index contributed by atoms with van der Waals surface area (Å²) in [5, 5.41) is 2.73. The van der Waals surface area contributed by atoms with E-state index in [4.69, 9.17) is 4.74 Å². The zero-order valence-electron chi connectivity index (χ0n) is 11.5. The highest BCUT2D eigenvalue weighted by Gasteiger charge is 2.16. The van der Waals surface area contributed by atoms with Gasteiger partial charge >= 0.3 is 6.09 Å². The van der Waals surface area contributed by atoms with Crippen LogP contribution in [0.2, 0.25) is 0 Å². The van der Waals surface area contributed by atoms with Gasteiger partial charge in [-0.15, -0.1) is 0 Å². The fourth-order valence-electron chi connectivity index (χ4n) is 2.39. The Kier molecular flexibility index (Phi) is 5.21. The van der Waals surface area contributed by atoms with Crippen molar-refractivity contribution in [2.75, 3.05) is 25.0 Å². The molecule has 0 spiro atoms. The predicted molar refractivity (Wildman–Crippen MR) is 76.3 cm³/mol. The second kappa shape index (κ2) is 7.14. The van der Waals surface area contributed by atoms with Crippen LogP contribution in [0.4, 0.5) is 10.5 Å². The normalized spacial score (nSPS) is 17.7. The number of hydrogen-bond donors (Lipinski definition) is 1. The minimum Gasteiger partial charge on any atom is -0.445 e. The van der Waals surface area contributed by atoms with E-state index in [1.807, 2.05) is 37.3 Å². The maximum absolute atomic E-state index is 11.7. The van der Waals surface area contributed by atoms with E-state index in [1.165, 1.54) is 19.3 Å². The van der Waals surface area contributed by atoms with Crippen LogP contribution in [0.25, 0.3) is 0 Å². The van der Waals surface area contributed by atoms with Crippen molar-refractivity contribution in [1.82, 2.24) is 4.90 Å². The molecule has 1 N–H and O–H groups in total. The molecular weight excluding hydrogens is 240 g/mol. The molecule has 1 atom stereocenters. The van der Waals surface area contributed by atoms with Crippen molar-refractivity contribution in [3.63, 3.8) is 0 Å². The lowest BCUT2D eigenvalue weighted by molar-refractivity contribution is 0.0833. The summed E-state index contributed by atoms with van der Waals surface area (Å²) in [6.45, 7) is 5.00. The molecule has 1 aliphatic heterocycles. The van der Waals surface area contributed by atoms with Crippen molar-refractivity contribution in [3.8, 4) is 0 Å². The van der Waals surface area contributed by atoms with Crippen molar-refractivity contribution < 1.29 is 9.53 Å². The van der Waals surface area contributed by atoms with Gasteiger partial charge in [-0.2, -0.15) is 0 Å². The Bertz CT molecular complexity index is 388. The number of anilines is 1. The van der Waals surface area contributed by atoms with Crippen molar-refractivity contribution in [2.24, 2.45) is 0 Å². The number of nitrogens with one attached hydrogen (secondary N) is 1. The number of piperidine rings is 1. The van der Waals surface area contributed by atoms with Crippen LogP contribution in [-0.4, -0.2) is 36.7 Å². The number of carbonyl (C=O) groups excluding carboxylic acids is 1. The number of para-hydroxylation sites is 1. The number of nitrogens with zero attached hydrogens (tertiary/aromatic N) is 1. The van der Waals surface area contributed by atoms with Crippen LogP contribution in [0.15, 0.2) is 30.3 Å². The van der Waals surface area contributed by atoms with E-state index < -0.39 is 0 Å². The van der Waals surface area contributed by atoms with E-state index in [0.717, 1.165) is 25.3 Å². The number of amides is 1. The largest absolute Gasteiger partial charge is 0.445 e. The molecule has 1 fully saturated rings. The summed E-state index contributed by atoms with van der Waals surface area (Å²) in [7, 11) is 0. The number of carbonyl (C=O) groups is 1. The first-order valence-corrected chi connectivity index (χ1v) is 6.99. The number of rotatable bonds is 4. The van der Waals surface area contributed by atoms with Gasteiger partial charge in [-0.3, -0.25) is 10.2 Å². The average Bonchev–Trinajstić information content (AvgIpc) is 2.40. The molecule has 0 bridgehead atoms. The Balaban J connectivity index is 1.72. The fraction of sp³-hybridized carbons (Fsp3) is 0.533. The lowest BCUT2D eigenvalue weighted by atomic mass is 10.1. The molecule has 19 heavy (non-hydrogen) atoms. The van der Waals surface area contributed by atoms with Gasteiger partial charge < -0.3 is 4.74 Å². The zero-order chi connectivity index (χ0) is 13.5. The summed E-state index contributed by atoms with van der Waals surface area (Å²) in [5.74, 6) is 0. The minimum absolute atomic E-state index is 0.0817. The maximum atomic E-state index is 11.7. The number of benzene rings is 1. The van der Waals surface area contributed by atoms with Gasteiger partial charge in [-0.05, 0) is 45.0 Å². The SMILES string of the molecule is CC(CN1CCCCC1)OC(=O)Nc1ccccc1. The lowest BCUT2D eigenvalue weighted by Crippen LogP contribution is -2.37. The van der Waals surface area contributed by atoms with Gasteiger partial charge in [0.25, 0.3) is 0 Å². The zero-order valence-corrected chi connectivity index (χ0v) is 11.5. The molecule has 1 aliphatic rings. The third-order valence-corrected chi connectivity index (χ3v) is 3.29. The standard InChI is InChI=1S/C15H22N2O2/c1-13(12-17-10-6-3-7-11-17)19-15(18)16-14-8-4-2-5-9-14/h2,4-5,8-9,13H,3,6-7,10-12H2,1H3,(H,16,18). The number of hydrogen-bond acceptors (Lipinski definition) is 3. The Hall–Kier alpha value is -1.55. The van der Waals surface area contributed by atoms with Crippen molar-refractivity contribution in [3.05, 3.63) is 30.3 Å². The molecule has 0 aliphatic carbocycles. The summed E-state index contributed by atoms with van der Waals surface area (Å²) in [5.41, 5.74) is 0.762. The van der Waals surface area contributed by atoms with Gasteiger partial charge in [-0.25, -0.2) is 4.79 Å². The molecule has 0 radical (unpaired) electrons. The van der Waals surface area contributed by atoms with Gasteiger partial charge in [0.05, 0.1) is 0 Å². The highest BCUT2D eigenvalue weighted by atomic mass is 16.6. The third-order valence-electron chi connectivity index (χ3n) is 3.29. The van der Waals surface area contributed by atoms with Gasteiger partial charge in [0.2, 0.25) is 0 Å². The molecule has 0 saturated carbocycles. The monoisotopic (exact) mass is 262 g/mol. The van der Waals surface area contributed by atoms with Crippen LogP contribution in [0.1, 0.15) is 26.2 Å². The minimum atomic E-state index is -0.379. The second-order valence-corrected chi connectivity index (χ2v) is 5.07. The Morgan fingerprint density at radius 2 is 1.95 bits per heavy atom.